The zero-order chi connectivity index (χ0) is 22.0. The van der Waals surface area contributed by atoms with E-state index in [1.54, 1.807) is 14.0 Å². The number of hydrogen-bond donors (Lipinski definition) is 2. The van der Waals surface area contributed by atoms with Gasteiger partial charge in [0.05, 0.1) is 23.4 Å². The van der Waals surface area contributed by atoms with Crippen LogP contribution >= 0.6 is 11.8 Å². The molecule has 0 bridgehead atoms. The molecular formula is C22H20N6O2S. The Morgan fingerprint density at radius 2 is 2.03 bits per heavy atom. The molecule has 0 aliphatic rings. The maximum Gasteiger partial charge on any atom is 0.191 e. The van der Waals surface area contributed by atoms with Gasteiger partial charge in [-0.05, 0) is 31.2 Å². The van der Waals surface area contributed by atoms with Crippen molar-refractivity contribution in [3.63, 3.8) is 0 Å². The molecule has 2 aromatic heterocycles. The first-order valence-corrected chi connectivity index (χ1v) is 10.4. The van der Waals surface area contributed by atoms with Gasteiger partial charge < -0.3 is 19.4 Å². The molecule has 4 aromatic rings. The molecule has 0 amide bonds. The number of ether oxygens (including phenoxy) is 1. The number of benzene rings is 2. The molecule has 0 aliphatic carbocycles. The number of hydrogen-bond acceptors (Lipinski definition) is 7. The highest BCUT2D eigenvalue weighted by atomic mass is 32.2. The van der Waals surface area contributed by atoms with Crippen LogP contribution in [-0.2, 0) is 7.05 Å². The SMILES string of the molecule is COc1cccc(-c2nnc(SC(C)/C(O)=C(\C#N)c3nc4ccccc4[nH]3)n2C)c1. The molecule has 1 unspecified atom stereocenters. The molecule has 0 radical (unpaired) electrons. The first kappa shape index (κ1) is 20.5. The summed E-state index contributed by atoms with van der Waals surface area (Å²) >= 11 is 1.31. The fourth-order valence-corrected chi connectivity index (χ4v) is 4.03. The molecular weight excluding hydrogens is 412 g/mol. The van der Waals surface area contributed by atoms with Crippen molar-refractivity contribution in [2.24, 2.45) is 7.05 Å². The van der Waals surface area contributed by atoms with Gasteiger partial charge in [0.15, 0.2) is 16.8 Å². The van der Waals surface area contributed by atoms with Crippen molar-refractivity contribution in [2.75, 3.05) is 7.11 Å². The average Bonchev–Trinajstić information content (AvgIpc) is 3.37. The average molecular weight is 433 g/mol. The smallest absolute Gasteiger partial charge is 0.191 e. The molecule has 0 saturated carbocycles. The molecule has 0 saturated heterocycles. The second-order valence-electron chi connectivity index (χ2n) is 6.83. The number of methoxy groups -OCH3 is 1. The van der Waals surface area contributed by atoms with Crippen molar-refractivity contribution in [3.05, 3.63) is 60.1 Å². The second kappa shape index (κ2) is 8.53. The van der Waals surface area contributed by atoms with E-state index in [-0.39, 0.29) is 11.3 Å². The minimum absolute atomic E-state index is 0.0718. The number of para-hydroxylation sites is 2. The number of aromatic nitrogens is 5. The van der Waals surface area contributed by atoms with E-state index in [0.717, 1.165) is 22.3 Å². The fourth-order valence-electron chi connectivity index (χ4n) is 3.15. The zero-order valence-corrected chi connectivity index (χ0v) is 18.0. The Morgan fingerprint density at radius 1 is 1.23 bits per heavy atom. The molecule has 8 nitrogen and oxygen atoms in total. The van der Waals surface area contributed by atoms with Gasteiger partial charge in [-0.1, -0.05) is 36.0 Å². The number of nitrogens with one attached hydrogen (secondary N) is 1. The molecule has 2 aromatic carbocycles. The first-order chi connectivity index (χ1) is 15.0. The highest BCUT2D eigenvalue weighted by Gasteiger charge is 2.22. The number of allylic oxidation sites excluding steroid dienone is 1. The summed E-state index contributed by atoms with van der Waals surface area (Å²) in [5, 5.41) is 29.2. The van der Waals surface area contributed by atoms with Crippen LogP contribution in [0.5, 0.6) is 5.75 Å². The third-order valence-corrected chi connectivity index (χ3v) is 5.97. The highest BCUT2D eigenvalue weighted by molar-refractivity contribution is 7.99. The number of nitriles is 1. The van der Waals surface area contributed by atoms with Gasteiger partial charge in [0, 0.05) is 12.6 Å². The summed E-state index contributed by atoms with van der Waals surface area (Å²) in [4.78, 5) is 7.51. The summed E-state index contributed by atoms with van der Waals surface area (Å²) in [6, 6.07) is 17.1. The van der Waals surface area contributed by atoms with Gasteiger partial charge in [0.1, 0.15) is 23.2 Å². The number of rotatable bonds is 6. The Labute approximate surface area is 183 Å². The third-order valence-electron chi connectivity index (χ3n) is 4.82. The van der Waals surface area contributed by atoms with Crippen molar-refractivity contribution in [3.8, 4) is 23.2 Å². The molecule has 31 heavy (non-hydrogen) atoms. The van der Waals surface area contributed by atoms with Crippen molar-refractivity contribution in [1.29, 1.82) is 5.26 Å². The van der Waals surface area contributed by atoms with E-state index < -0.39 is 5.25 Å². The monoisotopic (exact) mass is 432 g/mol. The van der Waals surface area contributed by atoms with Crippen LogP contribution < -0.4 is 4.74 Å². The third kappa shape index (κ3) is 3.98. The van der Waals surface area contributed by atoms with Crippen molar-refractivity contribution in [1.82, 2.24) is 24.7 Å². The van der Waals surface area contributed by atoms with Gasteiger partial charge in [0.2, 0.25) is 0 Å². The number of fused-ring (bicyclic) bond motifs is 1. The van der Waals surface area contributed by atoms with Crippen molar-refractivity contribution < 1.29 is 9.84 Å². The molecule has 156 valence electrons. The van der Waals surface area contributed by atoms with Gasteiger partial charge in [-0.15, -0.1) is 10.2 Å². The summed E-state index contributed by atoms with van der Waals surface area (Å²) < 4.78 is 7.12. The van der Waals surface area contributed by atoms with Crippen LogP contribution in [-0.4, -0.2) is 42.2 Å². The molecule has 0 fully saturated rings. The number of aliphatic hydroxyl groups is 1. The number of aromatic amines is 1. The predicted octanol–water partition coefficient (Wildman–Crippen LogP) is 4.34. The fraction of sp³-hybridized carbons (Fsp3) is 0.182. The summed E-state index contributed by atoms with van der Waals surface area (Å²) in [5.74, 6) is 1.67. The Hall–Kier alpha value is -3.77. The summed E-state index contributed by atoms with van der Waals surface area (Å²) in [7, 11) is 3.47. The van der Waals surface area contributed by atoms with E-state index in [1.807, 2.05) is 60.1 Å². The lowest BCUT2D eigenvalue weighted by atomic mass is 10.2. The zero-order valence-electron chi connectivity index (χ0n) is 17.2. The molecule has 0 aliphatic heterocycles. The summed E-state index contributed by atoms with van der Waals surface area (Å²) in [6.45, 7) is 1.81. The van der Waals surface area contributed by atoms with Crippen LogP contribution in [0, 0.1) is 11.3 Å². The van der Waals surface area contributed by atoms with Crippen LogP contribution in [0.4, 0.5) is 0 Å². The van der Waals surface area contributed by atoms with Crippen molar-refractivity contribution in [2.45, 2.75) is 17.3 Å². The Bertz CT molecular complexity index is 1280. The topological polar surface area (TPSA) is 113 Å². The van der Waals surface area contributed by atoms with Gasteiger partial charge in [-0.3, -0.25) is 0 Å². The first-order valence-electron chi connectivity index (χ1n) is 9.50. The standard InChI is InChI=1S/C22H20N6O2S/c1-13(19(29)16(12-23)20-24-17-9-4-5-10-18(17)25-20)31-22-27-26-21(28(22)2)14-7-6-8-15(11-14)30-3/h4-11,13,29H,1-3H3,(H,24,25)/b19-16-. The lowest BCUT2D eigenvalue weighted by molar-refractivity contribution is 0.401. The Balaban J connectivity index is 1.62. The quantitative estimate of drug-likeness (QED) is 0.265. The van der Waals surface area contributed by atoms with Crippen LogP contribution in [0.15, 0.2) is 59.4 Å². The van der Waals surface area contributed by atoms with Gasteiger partial charge in [-0.2, -0.15) is 5.26 Å². The van der Waals surface area contributed by atoms with E-state index in [1.165, 1.54) is 11.8 Å². The molecule has 2 N–H and O–H groups in total. The molecule has 2 heterocycles. The summed E-state index contributed by atoms with van der Waals surface area (Å²) in [6.07, 6.45) is 0. The maximum atomic E-state index is 10.8. The second-order valence-corrected chi connectivity index (χ2v) is 8.14. The van der Waals surface area contributed by atoms with Crippen LogP contribution in [0.2, 0.25) is 0 Å². The molecule has 9 heteroatoms. The lowest BCUT2D eigenvalue weighted by Crippen LogP contribution is -2.06. The largest absolute Gasteiger partial charge is 0.510 e. The number of H-pyrrole nitrogens is 1. The van der Waals surface area contributed by atoms with E-state index in [2.05, 4.69) is 26.2 Å². The van der Waals surface area contributed by atoms with Crippen LogP contribution in [0.3, 0.4) is 0 Å². The van der Waals surface area contributed by atoms with E-state index in [9.17, 15) is 10.4 Å². The van der Waals surface area contributed by atoms with Gasteiger partial charge in [-0.25, -0.2) is 4.98 Å². The van der Waals surface area contributed by atoms with Gasteiger partial charge in [0.25, 0.3) is 0 Å². The predicted molar refractivity (Wildman–Crippen MR) is 120 cm³/mol. The van der Waals surface area contributed by atoms with Crippen LogP contribution in [0.1, 0.15) is 12.7 Å². The van der Waals surface area contributed by atoms with Crippen molar-refractivity contribution >= 4 is 28.4 Å². The normalized spacial score (nSPS) is 13.0. The van der Waals surface area contributed by atoms with E-state index >= 15 is 0 Å². The number of aliphatic hydroxyl groups excluding tert-OH is 1. The van der Waals surface area contributed by atoms with Gasteiger partial charge >= 0.3 is 0 Å². The van der Waals surface area contributed by atoms with E-state index in [0.29, 0.717) is 16.8 Å². The Kier molecular flexibility index (Phi) is 5.64. The minimum atomic E-state index is -0.441. The molecule has 1 atom stereocenters. The molecule has 0 spiro atoms. The van der Waals surface area contributed by atoms with E-state index in [4.69, 9.17) is 4.74 Å². The Morgan fingerprint density at radius 3 is 2.77 bits per heavy atom. The highest BCUT2D eigenvalue weighted by Crippen LogP contribution is 2.31. The lowest BCUT2D eigenvalue weighted by Gasteiger charge is -2.11. The van der Waals surface area contributed by atoms with Crippen LogP contribution in [0.25, 0.3) is 28.0 Å². The minimum Gasteiger partial charge on any atom is -0.510 e. The number of imidazole rings is 1. The number of nitrogens with zero attached hydrogens (tertiary/aromatic N) is 5. The molecule has 4 rings (SSSR count). The maximum absolute atomic E-state index is 10.8. The number of thioether (sulfide) groups is 1. The summed E-state index contributed by atoms with van der Waals surface area (Å²) in [5.41, 5.74) is 2.50.